The Labute approximate surface area is 157 Å². The number of carbonyl (C=O) groups is 1. The van der Waals surface area contributed by atoms with Crippen molar-refractivity contribution in [2.24, 2.45) is 0 Å². The number of aryl methyl sites for hydroxylation is 3. The lowest BCUT2D eigenvalue weighted by molar-refractivity contribution is 0.0941. The molecule has 0 saturated heterocycles. The molecule has 2 rings (SSSR count). The molecule has 0 unspecified atom stereocenters. The van der Waals surface area contributed by atoms with Crippen LogP contribution in [0.15, 0.2) is 42.5 Å². The molecule has 0 fully saturated rings. The first kappa shape index (κ1) is 18.9. The molecule has 6 heteroatoms. The number of hydrogen-bond donors (Lipinski definition) is 2. The summed E-state index contributed by atoms with van der Waals surface area (Å²) in [5, 5.41) is 5.87. The van der Waals surface area contributed by atoms with Gasteiger partial charge in [0.05, 0.1) is 0 Å². The van der Waals surface area contributed by atoms with Crippen LogP contribution in [0.5, 0.6) is 0 Å². The highest BCUT2D eigenvalue weighted by atomic mass is 35.6. The van der Waals surface area contributed by atoms with Gasteiger partial charge in [-0.05, 0) is 44.0 Å². The lowest BCUT2D eigenvalue weighted by atomic mass is 10.1. The molecule has 3 nitrogen and oxygen atoms in total. The zero-order valence-corrected chi connectivity index (χ0v) is 15.9. The van der Waals surface area contributed by atoms with Crippen molar-refractivity contribution in [3.63, 3.8) is 0 Å². The van der Waals surface area contributed by atoms with Crippen LogP contribution in [0.2, 0.25) is 0 Å². The number of amides is 1. The van der Waals surface area contributed by atoms with Crippen molar-refractivity contribution in [1.29, 1.82) is 0 Å². The van der Waals surface area contributed by atoms with E-state index in [1.54, 1.807) is 12.1 Å². The highest BCUT2D eigenvalue weighted by Gasteiger charge is 2.34. The van der Waals surface area contributed by atoms with Crippen LogP contribution in [0.1, 0.15) is 27.0 Å². The van der Waals surface area contributed by atoms with Crippen LogP contribution in [0.25, 0.3) is 0 Å². The Kier molecular flexibility index (Phi) is 6.02. The van der Waals surface area contributed by atoms with Gasteiger partial charge in [-0.1, -0.05) is 70.7 Å². The van der Waals surface area contributed by atoms with E-state index < -0.39 is 9.96 Å². The van der Waals surface area contributed by atoms with Crippen LogP contribution in [0.3, 0.4) is 0 Å². The Balaban J connectivity index is 2.23. The van der Waals surface area contributed by atoms with Gasteiger partial charge in [-0.25, -0.2) is 0 Å². The topological polar surface area (TPSA) is 41.1 Å². The van der Waals surface area contributed by atoms with E-state index >= 15 is 0 Å². The fraction of sp³-hybridized carbons (Fsp3) is 0.278. The van der Waals surface area contributed by atoms with Crippen molar-refractivity contribution in [3.8, 4) is 0 Å². The van der Waals surface area contributed by atoms with Gasteiger partial charge in [0, 0.05) is 11.3 Å². The molecule has 0 aliphatic heterocycles. The van der Waals surface area contributed by atoms with Gasteiger partial charge in [0.1, 0.15) is 6.17 Å². The molecule has 0 aromatic heterocycles. The second-order valence-corrected chi connectivity index (χ2v) is 8.09. The normalized spacial score (nSPS) is 12.6. The summed E-state index contributed by atoms with van der Waals surface area (Å²) in [7, 11) is 0. The van der Waals surface area contributed by atoms with E-state index in [9.17, 15) is 4.79 Å². The highest BCUT2D eigenvalue weighted by Crippen LogP contribution is 2.32. The van der Waals surface area contributed by atoms with Gasteiger partial charge in [-0.2, -0.15) is 0 Å². The molecule has 2 aromatic rings. The molecule has 24 heavy (non-hydrogen) atoms. The number of nitrogens with one attached hydrogen (secondary N) is 2. The summed E-state index contributed by atoms with van der Waals surface area (Å²) >= 11 is 18.2. The van der Waals surface area contributed by atoms with Crippen LogP contribution in [-0.2, 0) is 0 Å². The van der Waals surface area contributed by atoms with Crippen LogP contribution < -0.4 is 10.6 Å². The average Bonchev–Trinajstić information content (AvgIpc) is 2.48. The lowest BCUT2D eigenvalue weighted by Crippen LogP contribution is -2.49. The molecule has 1 amide bonds. The highest BCUT2D eigenvalue weighted by molar-refractivity contribution is 6.68. The summed E-state index contributed by atoms with van der Waals surface area (Å²) in [5.74, 6) is -0.304. The maximum absolute atomic E-state index is 12.5. The zero-order chi connectivity index (χ0) is 17.9. The molecular formula is C18H19Cl3N2O. The van der Waals surface area contributed by atoms with Crippen molar-refractivity contribution in [2.75, 3.05) is 5.32 Å². The van der Waals surface area contributed by atoms with Gasteiger partial charge in [0.15, 0.2) is 0 Å². The standard InChI is InChI=1S/C18H19Cl3N2O/c1-11-8-9-15(13(3)10-11)22-17(18(19,20)21)23-16(24)14-7-5-4-6-12(14)2/h4-10,17,22H,1-3H3,(H,23,24)/t17-/m0/s1. The Hall–Kier alpha value is -1.42. The SMILES string of the molecule is Cc1ccc(N[C@@H](NC(=O)c2ccccc2C)C(Cl)(Cl)Cl)c(C)c1. The van der Waals surface area contributed by atoms with E-state index in [0.717, 1.165) is 22.4 Å². The van der Waals surface area contributed by atoms with Crippen LogP contribution >= 0.6 is 34.8 Å². The second-order valence-electron chi connectivity index (χ2n) is 5.73. The van der Waals surface area contributed by atoms with E-state index in [0.29, 0.717) is 5.56 Å². The predicted octanol–water partition coefficient (Wildman–Crippen LogP) is 5.15. The minimum Gasteiger partial charge on any atom is -0.362 e. The Bertz CT molecular complexity index is 741. The van der Waals surface area contributed by atoms with Crippen molar-refractivity contribution >= 4 is 46.4 Å². The van der Waals surface area contributed by atoms with Gasteiger partial charge >= 0.3 is 0 Å². The quantitative estimate of drug-likeness (QED) is 0.564. The lowest BCUT2D eigenvalue weighted by Gasteiger charge is -2.28. The summed E-state index contributed by atoms with van der Waals surface area (Å²) in [4.78, 5) is 12.5. The van der Waals surface area contributed by atoms with E-state index in [1.165, 1.54) is 0 Å². The number of halogens is 3. The van der Waals surface area contributed by atoms with Gasteiger partial charge in [-0.15, -0.1) is 0 Å². The largest absolute Gasteiger partial charge is 0.362 e. The van der Waals surface area contributed by atoms with Gasteiger partial charge in [0.25, 0.3) is 5.91 Å². The molecule has 0 radical (unpaired) electrons. The fourth-order valence-corrected chi connectivity index (χ4v) is 2.69. The van der Waals surface area contributed by atoms with Crippen LogP contribution in [0.4, 0.5) is 5.69 Å². The third kappa shape index (κ3) is 4.79. The third-order valence-electron chi connectivity index (χ3n) is 3.67. The molecule has 128 valence electrons. The summed E-state index contributed by atoms with van der Waals surface area (Å²) in [6.45, 7) is 5.81. The second kappa shape index (κ2) is 7.64. The molecule has 2 aromatic carbocycles. The van der Waals surface area contributed by atoms with Crippen molar-refractivity contribution in [3.05, 3.63) is 64.7 Å². The Morgan fingerprint density at radius 1 is 1.00 bits per heavy atom. The number of rotatable bonds is 4. The molecule has 0 spiro atoms. The molecule has 0 bridgehead atoms. The van der Waals surface area contributed by atoms with Crippen molar-refractivity contribution in [1.82, 2.24) is 5.32 Å². The first-order valence-corrected chi connectivity index (χ1v) is 8.59. The number of carbonyl (C=O) groups excluding carboxylic acids is 1. The monoisotopic (exact) mass is 384 g/mol. The number of anilines is 1. The minimum absolute atomic E-state index is 0.304. The van der Waals surface area contributed by atoms with Crippen molar-refractivity contribution < 1.29 is 4.79 Å². The predicted molar refractivity (Wildman–Crippen MR) is 102 cm³/mol. The molecule has 0 saturated carbocycles. The van der Waals surface area contributed by atoms with Crippen LogP contribution in [0, 0.1) is 20.8 Å². The summed E-state index contributed by atoms with van der Waals surface area (Å²) < 4.78 is -1.71. The number of benzene rings is 2. The fourth-order valence-electron chi connectivity index (χ4n) is 2.37. The molecule has 0 heterocycles. The minimum atomic E-state index is -1.71. The van der Waals surface area contributed by atoms with Crippen molar-refractivity contribution in [2.45, 2.75) is 30.7 Å². The summed E-state index contributed by atoms with van der Waals surface area (Å²) in [5.41, 5.74) is 4.32. The molecule has 0 aliphatic carbocycles. The Morgan fingerprint density at radius 3 is 2.25 bits per heavy atom. The van der Waals surface area contributed by atoms with E-state index in [2.05, 4.69) is 10.6 Å². The van der Waals surface area contributed by atoms with Crippen LogP contribution in [-0.4, -0.2) is 15.9 Å². The first-order valence-electron chi connectivity index (χ1n) is 7.45. The smallest absolute Gasteiger partial charge is 0.253 e. The average molecular weight is 386 g/mol. The van der Waals surface area contributed by atoms with Gasteiger partial charge < -0.3 is 10.6 Å². The van der Waals surface area contributed by atoms with Gasteiger partial charge in [-0.3, -0.25) is 4.79 Å². The number of hydrogen-bond acceptors (Lipinski definition) is 2. The third-order valence-corrected chi connectivity index (χ3v) is 4.33. The van der Waals surface area contributed by atoms with E-state index in [1.807, 2.05) is 51.1 Å². The van der Waals surface area contributed by atoms with E-state index in [4.69, 9.17) is 34.8 Å². The summed E-state index contributed by atoms with van der Waals surface area (Å²) in [6.07, 6.45) is -0.879. The maximum Gasteiger partial charge on any atom is 0.253 e. The zero-order valence-electron chi connectivity index (χ0n) is 13.7. The summed E-state index contributed by atoms with van der Waals surface area (Å²) in [6, 6.07) is 13.1. The molecule has 0 aliphatic rings. The molecular weight excluding hydrogens is 367 g/mol. The number of alkyl halides is 3. The van der Waals surface area contributed by atoms with Gasteiger partial charge in [0.2, 0.25) is 3.79 Å². The first-order chi connectivity index (χ1) is 11.2. The molecule has 2 N–H and O–H groups in total. The maximum atomic E-state index is 12.5. The molecule has 1 atom stereocenters. The van der Waals surface area contributed by atoms with E-state index in [-0.39, 0.29) is 5.91 Å². The Morgan fingerprint density at radius 2 is 1.67 bits per heavy atom.